The summed E-state index contributed by atoms with van der Waals surface area (Å²) in [6, 6.07) is 18.6. The van der Waals surface area contributed by atoms with Gasteiger partial charge in [-0.1, -0.05) is 36.4 Å². The lowest BCUT2D eigenvalue weighted by atomic mass is 9.74. The molecule has 1 aliphatic heterocycles. The predicted octanol–water partition coefficient (Wildman–Crippen LogP) is 3.34. The van der Waals surface area contributed by atoms with Crippen molar-refractivity contribution in [3.8, 4) is 0 Å². The van der Waals surface area contributed by atoms with Gasteiger partial charge in [0.15, 0.2) is 0 Å². The van der Waals surface area contributed by atoms with Gasteiger partial charge in [0.05, 0.1) is 0 Å². The Bertz CT molecular complexity index is 877. The van der Waals surface area contributed by atoms with E-state index in [2.05, 4.69) is 46.7 Å². The van der Waals surface area contributed by atoms with E-state index < -0.39 is 5.97 Å². The maximum atomic E-state index is 11.2. The van der Waals surface area contributed by atoms with Gasteiger partial charge in [0, 0.05) is 22.9 Å². The van der Waals surface area contributed by atoms with Gasteiger partial charge in [-0.3, -0.25) is 0 Å². The van der Waals surface area contributed by atoms with Crippen LogP contribution in [-0.2, 0) is 11.8 Å². The molecule has 1 aliphatic rings. The molecule has 24 heavy (non-hydrogen) atoms. The summed E-state index contributed by atoms with van der Waals surface area (Å²) >= 11 is 0. The number of carbonyl (C=O) groups is 1. The van der Waals surface area contributed by atoms with Crippen molar-refractivity contribution in [2.45, 2.75) is 18.3 Å². The van der Waals surface area contributed by atoms with E-state index in [9.17, 15) is 9.90 Å². The molecular formula is C20H20N2O2. The molecular weight excluding hydrogens is 300 g/mol. The van der Waals surface area contributed by atoms with Crippen molar-refractivity contribution >= 4 is 16.9 Å². The van der Waals surface area contributed by atoms with E-state index in [0.717, 1.165) is 36.8 Å². The quantitative estimate of drug-likeness (QED) is 0.691. The molecule has 1 atom stereocenters. The van der Waals surface area contributed by atoms with Crippen molar-refractivity contribution in [2.24, 2.45) is 0 Å². The van der Waals surface area contributed by atoms with Gasteiger partial charge in [0.2, 0.25) is 0 Å². The summed E-state index contributed by atoms with van der Waals surface area (Å²) in [6.45, 7) is 1.96. The Morgan fingerprint density at radius 3 is 2.67 bits per heavy atom. The number of aromatic carboxylic acids is 1. The molecule has 4 rings (SSSR count). The molecule has 0 spiro atoms. The standard InChI is InChI=1S/C20H20N2O2/c23-19(24)18-11-15-10-16(6-7-17(15)22-18)20(8-9-21-13-20)12-14-4-2-1-3-5-14/h1-7,10-11,21-22H,8-9,12-13H2,(H,23,24). The molecule has 3 aromatic rings. The number of aromatic amines is 1. The first kappa shape index (κ1) is 15.0. The van der Waals surface area contributed by atoms with Crippen LogP contribution in [0.2, 0.25) is 0 Å². The number of hydrogen-bond donors (Lipinski definition) is 3. The maximum Gasteiger partial charge on any atom is 0.352 e. The van der Waals surface area contributed by atoms with E-state index >= 15 is 0 Å². The molecule has 0 amide bonds. The molecule has 1 unspecified atom stereocenters. The zero-order valence-corrected chi connectivity index (χ0v) is 13.4. The summed E-state index contributed by atoms with van der Waals surface area (Å²) in [5.74, 6) is -0.922. The van der Waals surface area contributed by atoms with Gasteiger partial charge in [-0.25, -0.2) is 4.79 Å². The first-order valence-corrected chi connectivity index (χ1v) is 8.28. The number of H-pyrrole nitrogens is 1. The second-order valence-electron chi connectivity index (χ2n) is 6.66. The predicted molar refractivity (Wildman–Crippen MR) is 94.6 cm³/mol. The van der Waals surface area contributed by atoms with E-state index in [1.807, 2.05) is 12.1 Å². The number of carboxylic acid groups (broad SMARTS) is 1. The Labute approximate surface area is 140 Å². The Hall–Kier alpha value is -2.59. The summed E-state index contributed by atoms with van der Waals surface area (Å²) in [7, 11) is 0. The van der Waals surface area contributed by atoms with Gasteiger partial charge >= 0.3 is 5.97 Å². The first-order valence-electron chi connectivity index (χ1n) is 8.28. The number of benzene rings is 2. The zero-order valence-electron chi connectivity index (χ0n) is 13.4. The van der Waals surface area contributed by atoms with Crippen molar-refractivity contribution in [1.29, 1.82) is 0 Å². The molecule has 1 saturated heterocycles. The van der Waals surface area contributed by atoms with Crippen molar-refractivity contribution in [1.82, 2.24) is 10.3 Å². The highest BCUT2D eigenvalue weighted by molar-refractivity contribution is 5.94. The van der Waals surface area contributed by atoms with Crippen molar-refractivity contribution < 1.29 is 9.90 Å². The van der Waals surface area contributed by atoms with Gasteiger partial charge < -0.3 is 15.4 Å². The van der Waals surface area contributed by atoms with Crippen molar-refractivity contribution in [3.63, 3.8) is 0 Å². The molecule has 0 radical (unpaired) electrons. The van der Waals surface area contributed by atoms with Gasteiger partial charge in [0.1, 0.15) is 5.69 Å². The lowest BCUT2D eigenvalue weighted by Crippen LogP contribution is -2.31. The fraction of sp³-hybridized carbons (Fsp3) is 0.250. The molecule has 2 heterocycles. The molecule has 2 aromatic carbocycles. The van der Waals surface area contributed by atoms with Crippen LogP contribution in [-0.4, -0.2) is 29.1 Å². The van der Waals surface area contributed by atoms with E-state index in [-0.39, 0.29) is 11.1 Å². The lowest BCUT2D eigenvalue weighted by molar-refractivity contribution is 0.0691. The monoisotopic (exact) mass is 320 g/mol. The minimum atomic E-state index is -0.922. The van der Waals surface area contributed by atoms with Crippen LogP contribution in [0.25, 0.3) is 10.9 Å². The highest BCUT2D eigenvalue weighted by atomic mass is 16.4. The first-order chi connectivity index (χ1) is 11.7. The minimum absolute atomic E-state index is 0.0657. The summed E-state index contributed by atoms with van der Waals surface area (Å²) in [6.07, 6.45) is 2.08. The summed E-state index contributed by atoms with van der Waals surface area (Å²) in [5, 5.41) is 13.6. The topological polar surface area (TPSA) is 65.1 Å². The largest absolute Gasteiger partial charge is 0.477 e. The van der Waals surface area contributed by atoms with Crippen LogP contribution >= 0.6 is 0 Å². The molecule has 4 heteroatoms. The van der Waals surface area contributed by atoms with E-state index in [4.69, 9.17) is 0 Å². The minimum Gasteiger partial charge on any atom is -0.477 e. The SMILES string of the molecule is O=C(O)c1cc2cc(C3(Cc4ccccc4)CCNC3)ccc2[nH]1. The summed E-state index contributed by atoms with van der Waals surface area (Å²) in [4.78, 5) is 14.1. The second-order valence-corrected chi connectivity index (χ2v) is 6.66. The van der Waals surface area contributed by atoms with Gasteiger partial charge in [-0.15, -0.1) is 0 Å². The highest BCUT2D eigenvalue weighted by Gasteiger charge is 2.35. The fourth-order valence-corrected chi connectivity index (χ4v) is 3.81. The average molecular weight is 320 g/mol. The van der Waals surface area contributed by atoms with Crippen LogP contribution in [0.5, 0.6) is 0 Å². The van der Waals surface area contributed by atoms with Crippen LogP contribution < -0.4 is 5.32 Å². The molecule has 122 valence electrons. The third kappa shape index (κ3) is 2.59. The van der Waals surface area contributed by atoms with Gasteiger partial charge in [-0.05, 0) is 48.7 Å². The smallest absolute Gasteiger partial charge is 0.352 e. The Morgan fingerprint density at radius 1 is 1.12 bits per heavy atom. The van der Waals surface area contributed by atoms with E-state index in [1.54, 1.807) is 6.07 Å². The number of nitrogens with one attached hydrogen (secondary N) is 2. The van der Waals surface area contributed by atoms with Gasteiger partial charge in [0.25, 0.3) is 0 Å². The van der Waals surface area contributed by atoms with E-state index in [1.165, 1.54) is 11.1 Å². The molecule has 1 fully saturated rings. The molecule has 0 saturated carbocycles. The molecule has 4 nitrogen and oxygen atoms in total. The number of rotatable bonds is 4. The number of fused-ring (bicyclic) bond motifs is 1. The lowest BCUT2D eigenvalue weighted by Gasteiger charge is -2.29. The summed E-state index contributed by atoms with van der Waals surface area (Å²) < 4.78 is 0. The van der Waals surface area contributed by atoms with Crippen LogP contribution in [0.4, 0.5) is 0 Å². The molecule has 3 N–H and O–H groups in total. The van der Waals surface area contributed by atoms with Crippen LogP contribution in [0.15, 0.2) is 54.6 Å². The normalized spacial score (nSPS) is 20.5. The third-order valence-electron chi connectivity index (χ3n) is 5.09. The van der Waals surface area contributed by atoms with Gasteiger partial charge in [-0.2, -0.15) is 0 Å². The Morgan fingerprint density at radius 2 is 1.96 bits per heavy atom. The molecule has 1 aromatic heterocycles. The van der Waals surface area contributed by atoms with Crippen LogP contribution in [0, 0.1) is 0 Å². The number of hydrogen-bond acceptors (Lipinski definition) is 2. The Balaban J connectivity index is 1.75. The fourth-order valence-electron chi connectivity index (χ4n) is 3.81. The summed E-state index contributed by atoms with van der Waals surface area (Å²) in [5.41, 5.74) is 3.79. The number of aromatic nitrogens is 1. The molecule has 0 bridgehead atoms. The second kappa shape index (κ2) is 5.80. The average Bonchev–Trinajstić information content (AvgIpc) is 3.22. The van der Waals surface area contributed by atoms with Crippen LogP contribution in [0.1, 0.15) is 28.0 Å². The number of carboxylic acids is 1. The molecule has 0 aliphatic carbocycles. The van der Waals surface area contributed by atoms with Crippen LogP contribution in [0.3, 0.4) is 0 Å². The zero-order chi connectivity index (χ0) is 16.6. The third-order valence-corrected chi connectivity index (χ3v) is 5.09. The maximum absolute atomic E-state index is 11.2. The van der Waals surface area contributed by atoms with E-state index in [0.29, 0.717) is 0 Å². The highest BCUT2D eigenvalue weighted by Crippen LogP contribution is 2.36. The van der Waals surface area contributed by atoms with Crippen molar-refractivity contribution in [3.05, 3.63) is 71.4 Å². The van der Waals surface area contributed by atoms with Crippen molar-refractivity contribution in [2.75, 3.05) is 13.1 Å². The Kier molecular flexibility index (Phi) is 3.62.